The van der Waals surface area contributed by atoms with Gasteiger partial charge in [-0.05, 0) is 48.7 Å². The van der Waals surface area contributed by atoms with E-state index < -0.39 is 0 Å². The van der Waals surface area contributed by atoms with E-state index in [0.717, 1.165) is 6.42 Å². The number of aliphatic imine (C=N–C) groups is 1. The van der Waals surface area contributed by atoms with Crippen LogP contribution in [0.1, 0.15) is 34.1 Å². The summed E-state index contributed by atoms with van der Waals surface area (Å²) in [7, 11) is 1.52. The number of rotatable bonds is 6. The Morgan fingerprint density at radius 3 is 2.80 bits per heavy atom. The summed E-state index contributed by atoms with van der Waals surface area (Å²) in [5.41, 5.74) is 2.40. The summed E-state index contributed by atoms with van der Waals surface area (Å²) in [5, 5.41) is 3.76. The van der Waals surface area contributed by atoms with E-state index in [9.17, 15) is 14.4 Å². The van der Waals surface area contributed by atoms with Crippen molar-refractivity contribution >= 4 is 45.5 Å². The molecule has 40 heavy (non-hydrogen) atoms. The molecule has 0 saturated carbocycles. The Hall–Kier alpha value is -4.92. The number of fused-ring (bicyclic) bond motifs is 4. The lowest BCUT2D eigenvalue weighted by Gasteiger charge is -2.20. The van der Waals surface area contributed by atoms with E-state index in [4.69, 9.17) is 9.47 Å². The van der Waals surface area contributed by atoms with Crippen molar-refractivity contribution < 1.29 is 19.1 Å². The van der Waals surface area contributed by atoms with Gasteiger partial charge in [0.15, 0.2) is 16.9 Å². The topological polar surface area (TPSA) is 113 Å². The third-order valence-corrected chi connectivity index (χ3v) is 7.36. The van der Waals surface area contributed by atoms with Crippen LogP contribution in [-0.2, 0) is 0 Å². The molecule has 202 valence electrons. The molecule has 0 aliphatic carbocycles. The molecule has 9 nitrogen and oxygen atoms in total. The number of hydrogen-bond acceptors (Lipinski definition) is 6. The summed E-state index contributed by atoms with van der Waals surface area (Å²) in [6.07, 6.45) is 5.87. The van der Waals surface area contributed by atoms with E-state index >= 15 is 0 Å². The van der Waals surface area contributed by atoms with Gasteiger partial charge >= 0.3 is 0 Å². The van der Waals surface area contributed by atoms with Gasteiger partial charge in [-0.3, -0.25) is 19.4 Å². The molecule has 0 bridgehead atoms. The van der Waals surface area contributed by atoms with Gasteiger partial charge in [0.05, 0.1) is 35.5 Å². The van der Waals surface area contributed by atoms with E-state index in [0.29, 0.717) is 62.6 Å². The molecule has 0 spiro atoms. The number of carbonyl (C=O) groups is 2. The fourth-order valence-corrected chi connectivity index (χ4v) is 5.41. The summed E-state index contributed by atoms with van der Waals surface area (Å²) >= 11 is 0. The molecule has 4 aromatic rings. The van der Waals surface area contributed by atoms with E-state index in [-0.39, 0.29) is 29.9 Å². The highest BCUT2D eigenvalue weighted by Gasteiger charge is 2.35. The van der Waals surface area contributed by atoms with Crippen molar-refractivity contribution in [3.8, 4) is 11.5 Å². The van der Waals surface area contributed by atoms with Crippen LogP contribution in [0.4, 0.5) is 5.69 Å². The van der Waals surface area contributed by atoms with E-state index in [1.165, 1.54) is 13.3 Å². The fraction of sp³-hybridized carbons (Fsp3) is 0.226. The molecular formula is C31H28N4O5. The largest absolute Gasteiger partial charge is 0.493 e. The van der Waals surface area contributed by atoms with Crippen LogP contribution in [0.15, 0.2) is 76.7 Å². The first-order valence-corrected chi connectivity index (χ1v) is 13.1. The summed E-state index contributed by atoms with van der Waals surface area (Å²) in [6, 6.07) is 15.7. The number of amides is 2. The smallest absolute Gasteiger partial charge is 0.257 e. The second kappa shape index (κ2) is 10.3. The molecule has 3 aromatic carbocycles. The van der Waals surface area contributed by atoms with E-state index in [2.05, 4.69) is 22.2 Å². The minimum Gasteiger partial charge on any atom is -0.493 e. The van der Waals surface area contributed by atoms with Gasteiger partial charge in [-0.25, -0.2) is 0 Å². The van der Waals surface area contributed by atoms with Crippen LogP contribution in [-0.4, -0.2) is 54.2 Å². The number of aromatic nitrogens is 1. The molecule has 0 radical (unpaired) electrons. The Morgan fingerprint density at radius 2 is 1.95 bits per heavy atom. The highest BCUT2D eigenvalue weighted by atomic mass is 16.5. The van der Waals surface area contributed by atoms with Crippen molar-refractivity contribution in [3.63, 3.8) is 0 Å². The highest BCUT2D eigenvalue weighted by molar-refractivity contribution is 6.08. The Bertz CT molecular complexity index is 1770. The second-order valence-corrected chi connectivity index (χ2v) is 10.1. The SMILES string of the molecule is COc1cc2c(cc1OC/C=C\NC(=O)c1cccc3c(=O)c4ccccc4[nH]c13)N=C[C@@H]1C[C@@H](C)CN1C2=O. The number of para-hydroxylation sites is 2. The van der Waals surface area contributed by atoms with Crippen LogP contribution < -0.4 is 20.2 Å². The van der Waals surface area contributed by atoms with Gasteiger partial charge in [0.1, 0.15) is 6.61 Å². The van der Waals surface area contributed by atoms with Gasteiger partial charge in [0.25, 0.3) is 11.8 Å². The Kier molecular flexibility index (Phi) is 6.55. The van der Waals surface area contributed by atoms with Gasteiger partial charge in [-0.1, -0.05) is 25.1 Å². The fourth-order valence-electron chi connectivity index (χ4n) is 5.41. The van der Waals surface area contributed by atoms with Crippen molar-refractivity contribution in [1.82, 2.24) is 15.2 Å². The lowest BCUT2D eigenvalue weighted by molar-refractivity contribution is 0.0770. The molecule has 2 aliphatic heterocycles. The number of carbonyl (C=O) groups excluding carboxylic acids is 2. The standard InChI is InChI=1S/C31H28N4O5/c1-18-13-19-16-33-25-15-27(26(39-2)14-23(25)31(38)35(19)17-18)40-12-6-11-32-30(37)22-9-5-8-21-28(22)34-24-10-4-3-7-20(24)29(21)36/h3-11,14-16,18-19H,12-13,17H2,1-2H3,(H,32,37)(H,34,36)/b11-6-/t18-,19+/m1/s1. The lowest BCUT2D eigenvalue weighted by Crippen LogP contribution is -2.35. The third kappa shape index (κ3) is 4.49. The predicted octanol–water partition coefficient (Wildman–Crippen LogP) is 4.58. The maximum Gasteiger partial charge on any atom is 0.257 e. The molecule has 6 rings (SSSR count). The Labute approximate surface area is 230 Å². The number of nitrogens with zero attached hydrogens (tertiary/aromatic N) is 2. The molecule has 2 N–H and O–H groups in total. The number of ether oxygens (including phenoxy) is 2. The Balaban J connectivity index is 1.16. The van der Waals surface area contributed by atoms with E-state index in [1.807, 2.05) is 29.3 Å². The van der Waals surface area contributed by atoms with Crippen LogP contribution in [0, 0.1) is 5.92 Å². The maximum atomic E-state index is 13.2. The molecule has 3 heterocycles. The van der Waals surface area contributed by atoms with Crippen molar-refractivity contribution in [3.05, 3.63) is 88.2 Å². The van der Waals surface area contributed by atoms with Crippen molar-refractivity contribution in [1.29, 1.82) is 0 Å². The van der Waals surface area contributed by atoms with Crippen LogP contribution in [0.2, 0.25) is 0 Å². The number of benzene rings is 3. The minimum atomic E-state index is -0.363. The molecule has 1 saturated heterocycles. The van der Waals surface area contributed by atoms with Crippen molar-refractivity contribution in [2.24, 2.45) is 10.9 Å². The minimum absolute atomic E-state index is 0.00454. The predicted molar refractivity (Wildman–Crippen MR) is 154 cm³/mol. The van der Waals surface area contributed by atoms with Gasteiger partial charge in [0.2, 0.25) is 0 Å². The summed E-state index contributed by atoms with van der Waals surface area (Å²) in [6.45, 7) is 2.97. The molecular weight excluding hydrogens is 508 g/mol. The highest BCUT2D eigenvalue weighted by Crippen LogP contribution is 2.38. The first-order chi connectivity index (χ1) is 19.4. The van der Waals surface area contributed by atoms with Crippen molar-refractivity contribution in [2.45, 2.75) is 19.4 Å². The zero-order valence-corrected chi connectivity index (χ0v) is 22.1. The number of pyridine rings is 1. The summed E-state index contributed by atoms with van der Waals surface area (Å²) in [4.78, 5) is 48.7. The van der Waals surface area contributed by atoms with Gasteiger partial charge in [-0.2, -0.15) is 0 Å². The molecule has 0 unspecified atom stereocenters. The molecule has 2 atom stereocenters. The first-order valence-electron chi connectivity index (χ1n) is 13.1. The first kappa shape index (κ1) is 25.4. The van der Waals surface area contributed by atoms with Crippen LogP contribution in [0.25, 0.3) is 21.8 Å². The molecule has 1 fully saturated rings. The molecule has 9 heteroatoms. The number of hydrogen-bond donors (Lipinski definition) is 2. The molecule has 1 aromatic heterocycles. The zero-order chi connectivity index (χ0) is 27.8. The molecule has 2 aliphatic rings. The Morgan fingerprint density at radius 1 is 1.12 bits per heavy atom. The normalized spacial score (nSPS) is 18.1. The maximum absolute atomic E-state index is 13.2. The van der Waals surface area contributed by atoms with Gasteiger partial charge in [0, 0.05) is 41.3 Å². The van der Waals surface area contributed by atoms with Gasteiger partial charge in [-0.15, -0.1) is 0 Å². The quantitative estimate of drug-likeness (QED) is 0.350. The zero-order valence-electron chi connectivity index (χ0n) is 22.1. The number of aromatic amines is 1. The average molecular weight is 537 g/mol. The average Bonchev–Trinajstić information content (AvgIpc) is 3.30. The summed E-state index contributed by atoms with van der Waals surface area (Å²) in [5.74, 6) is 0.880. The second-order valence-electron chi connectivity index (χ2n) is 10.1. The van der Waals surface area contributed by atoms with Crippen LogP contribution in [0.5, 0.6) is 11.5 Å². The van der Waals surface area contributed by atoms with Crippen LogP contribution >= 0.6 is 0 Å². The molecule has 2 amide bonds. The number of methoxy groups -OCH3 is 1. The van der Waals surface area contributed by atoms with Gasteiger partial charge < -0.3 is 24.7 Å². The number of H-pyrrole nitrogens is 1. The number of nitrogens with one attached hydrogen (secondary N) is 2. The van der Waals surface area contributed by atoms with E-state index in [1.54, 1.807) is 42.5 Å². The third-order valence-electron chi connectivity index (χ3n) is 7.36. The summed E-state index contributed by atoms with van der Waals surface area (Å²) < 4.78 is 11.4. The lowest BCUT2D eigenvalue weighted by atomic mass is 10.1. The van der Waals surface area contributed by atoms with Crippen LogP contribution in [0.3, 0.4) is 0 Å². The monoisotopic (exact) mass is 536 g/mol. The van der Waals surface area contributed by atoms with Crippen molar-refractivity contribution in [2.75, 3.05) is 20.3 Å².